The van der Waals surface area contributed by atoms with Gasteiger partial charge in [-0.05, 0) is 17.7 Å². The Kier molecular flexibility index (Phi) is 3.48. The molecule has 0 saturated carbocycles. The van der Waals surface area contributed by atoms with Crippen LogP contribution in [0.4, 0.5) is 0 Å². The molecule has 0 saturated heterocycles. The van der Waals surface area contributed by atoms with Gasteiger partial charge in [-0.1, -0.05) is 12.1 Å². The van der Waals surface area contributed by atoms with Gasteiger partial charge in [0.15, 0.2) is 0 Å². The summed E-state index contributed by atoms with van der Waals surface area (Å²) < 4.78 is 1.58. The standard InChI is InChI=1S/C11H13N3O3/c15-5-10(16)11(17)8-1-3-9(4-2-8)14-7-12-6-13-14/h1-4,6-7,10-11,15-17H,5H2. The molecule has 0 amide bonds. The Balaban J connectivity index is 2.18. The van der Waals surface area contributed by atoms with E-state index in [-0.39, 0.29) is 0 Å². The zero-order valence-corrected chi connectivity index (χ0v) is 9.01. The van der Waals surface area contributed by atoms with Crippen LogP contribution in [0.25, 0.3) is 5.69 Å². The van der Waals surface area contributed by atoms with E-state index in [1.165, 1.54) is 6.33 Å². The summed E-state index contributed by atoms with van der Waals surface area (Å²) in [6.07, 6.45) is 0.726. The quantitative estimate of drug-likeness (QED) is 0.674. The summed E-state index contributed by atoms with van der Waals surface area (Å²) in [6, 6.07) is 6.83. The van der Waals surface area contributed by atoms with Gasteiger partial charge in [0.05, 0.1) is 12.3 Å². The minimum absolute atomic E-state index is 0.480. The van der Waals surface area contributed by atoms with E-state index < -0.39 is 18.8 Å². The highest BCUT2D eigenvalue weighted by Gasteiger charge is 2.17. The van der Waals surface area contributed by atoms with Gasteiger partial charge in [0, 0.05) is 0 Å². The third kappa shape index (κ3) is 2.50. The normalized spacial score (nSPS) is 14.5. The van der Waals surface area contributed by atoms with Crippen molar-refractivity contribution in [1.82, 2.24) is 14.8 Å². The zero-order chi connectivity index (χ0) is 12.3. The van der Waals surface area contributed by atoms with Crippen molar-refractivity contribution in [3.05, 3.63) is 42.5 Å². The number of rotatable bonds is 4. The molecule has 0 aliphatic heterocycles. The summed E-state index contributed by atoms with van der Waals surface area (Å²) in [5.74, 6) is 0. The van der Waals surface area contributed by atoms with E-state index in [2.05, 4.69) is 10.1 Å². The van der Waals surface area contributed by atoms with Crippen LogP contribution in [0.3, 0.4) is 0 Å². The van der Waals surface area contributed by atoms with Gasteiger partial charge < -0.3 is 15.3 Å². The third-order valence-corrected chi connectivity index (χ3v) is 2.47. The molecule has 90 valence electrons. The maximum atomic E-state index is 9.67. The van der Waals surface area contributed by atoms with E-state index >= 15 is 0 Å². The number of aromatic nitrogens is 3. The van der Waals surface area contributed by atoms with E-state index in [1.54, 1.807) is 35.3 Å². The second kappa shape index (κ2) is 5.05. The van der Waals surface area contributed by atoms with Crippen molar-refractivity contribution in [3.63, 3.8) is 0 Å². The molecule has 2 atom stereocenters. The summed E-state index contributed by atoms with van der Waals surface area (Å²) in [5, 5.41) is 31.7. The van der Waals surface area contributed by atoms with Crippen LogP contribution in [-0.4, -0.2) is 42.8 Å². The van der Waals surface area contributed by atoms with E-state index in [1.807, 2.05) is 0 Å². The van der Waals surface area contributed by atoms with Gasteiger partial charge in [-0.2, -0.15) is 5.10 Å². The van der Waals surface area contributed by atoms with Crippen LogP contribution in [-0.2, 0) is 0 Å². The molecule has 0 fully saturated rings. The largest absolute Gasteiger partial charge is 0.394 e. The average molecular weight is 235 g/mol. The first kappa shape index (κ1) is 11.7. The molecule has 2 unspecified atom stereocenters. The lowest BCUT2D eigenvalue weighted by Gasteiger charge is -2.16. The first-order chi connectivity index (χ1) is 8.22. The number of hydrogen-bond donors (Lipinski definition) is 3. The molecule has 1 heterocycles. The van der Waals surface area contributed by atoms with Crippen LogP contribution in [0.15, 0.2) is 36.9 Å². The van der Waals surface area contributed by atoms with Crippen LogP contribution < -0.4 is 0 Å². The molecule has 2 rings (SSSR count). The van der Waals surface area contributed by atoms with Crippen molar-refractivity contribution in [2.75, 3.05) is 6.61 Å². The fourth-order valence-electron chi connectivity index (χ4n) is 1.49. The molecule has 0 spiro atoms. The Morgan fingerprint density at radius 3 is 2.41 bits per heavy atom. The molecule has 0 aliphatic rings. The summed E-state index contributed by atoms with van der Waals surface area (Å²) in [6.45, 7) is -0.480. The predicted molar refractivity (Wildman–Crippen MR) is 59.4 cm³/mol. The lowest BCUT2D eigenvalue weighted by atomic mass is 10.0. The molecule has 0 aliphatic carbocycles. The molecule has 0 bridgehead atoms. The Labute approximate surface area is 97.8 Å². The average Bonchev–Trinajstić information content (AvgIpc) is 2.91. The third-order valence-electron chi connectivity index (χ3n) is 2.47. The Bertz CT molecular complexity index is 455. The van der Waals surface area contributed by atoms with Crippen molar-refractivity contribution in [2.45, 2.75) is 12.2 Å². The molecule has 1 aromatic heterocycles. The van der Waals surface area contributed by atoms with Gasteiger partial charge in [-0.3, -0.25) is 0 Å². The van der Waals surface area contributed by atoms with Crippen molar-refractivity contribution in [3.8, 4) is 5.69 Å². The van der Waals surface area contributed by atoms with Crippen LogP contribution in [0.1, 0.15) is 11.7 Å². The minimum atomic E-state index is -1.17. The van der Waals surface area contributed by atoms with Crippen molar-refractivity contribution < 1.29 is 15.3 Å². The molecule has 6 nitrogen and oxygen atoms in total. The van der Waals surface area contributed by atoms with Crippen LogP contribution in [0, 0.1) is 0 Å². The summed E-state index contributed by atoms with van der Waals surface area (Å²) in [5.41, 5.74) is 1.34. The van der Waals surface area contributed by atoms with Gasteiger partial charge in [-0.15, -0.1) is 0 Å². The Morgan fingerprint density at radius 2 is 1.88 bits per heavy atom. The number of benzene rings is 1. The molecule has 1 aromatic carbocycles. The summed E-state index contributed by atoms with van der Waals surface area (Å²) >= 11 is 0. The van der Waals surface area contributed by atoms with Gasteiger partial charge in [-0.25, -0.2) is 9.67 Å². The van der Waals surface area contributed by atoms with Crippen molar-refractivity contribution >= 4 is 0 Å². The number of nitrogens with zero attached hydrogens (tertiary/aromatic N) is 3. The van der Waals surface area contributed by atoms with E-state index in [4.69, 9.17) is 5.11 Å². The Hall–Kier alpha value is -1.76. The predicted octanol–water partition coefficient (Wildman–Crippen LogP) is -0.346. The number of aliphatic hydroxyl groups is 3. The Morgan fingerprint density at radius 1 is 1.18 bits per heavy atom. The van der Waals surface area contributed by atoms with Gasteiger partial charge in [0.1, 0.15) is 24.9 Å². The SMILES string of the molecule is OCC(O)C(O)c1ccc(-n2cncn2)cc1. The summed E-state index contributed by atoms with van der Waals surface area (Å²) in [7, 11) is 0. The lowest BCUT2D eigenvalue weighted by Crippen LogP contribution is -2.21. The highest BCUT2D eigenvalue weighted by molar-refractivity contribution is 5.34. The maximum absolute atomic E-state index is 9.67. The smallest absolute Gasteiger partial charge is 0.138 e. The molecular weight excluding hydrogens is 222 g/mol. The fraction of sp³-hybridized carbons (Fsp3) is 0.273. The highest BCUT2D eigenvalue weighted by Crippen LogP contribution is 2.18. The number of hydrogen-bond acceptors (Lipinski definition) is 5. The first-order valence-electron chi connectivity index (χ1n) is 5.14. The highest BCUT2D eigenvalue weighted by atomic mass is 16.4. The van der Waals surface area contributed by atoms with Crippen molar-refractivity contribution in [2.24, 2.45) is 0 Å². The molecule has 3 N–H and O–H groups in total. The van der Waals surface area contributed by atoms with E-state index in [0.717, 1.165) is 5.69 Å². The topological polar surface area (TPSA) is 91.4 Å². The molecule has 6 heteroatoms. The first-order valence-corrected chi connectivity index (χ1v) is 5.14. The van der Waals surface area contributed by atoms with E-state index in [9.17, 15) is 10.2 Å². The molecular formula is C11H13N3O3. The minimum Gasteiger partial charge on any atom is -0.394 e. The van der Waals surface area contributed by atoms with Crippen LogP contribution >= 0.6 is 0 Å². The molecule has 17 heavy (non-hydrogen) atoms. The maximum Gasteiger partial charge on any atom is 0.138 e. The second-order valence-corrected chi connectivity index (χ2v) is 3.63. The lowest BCUT2D eigenvalue weighted by molar-refractivity contribution is -0.0152. The monoisotopic (exact) mass is 235 g/mol. The summed E-state index contributed by atoms with van der Waals surface area (Å²) in [4.78, 5) is 3.83. The number of aliphatic hydroxyl groups excluding tert-OH is 3. The van der Waals surface area contributed by atoms with Crippen molar-refractivity contribution in [1.29, 1.82) is 0 Å². The van der Waals surface area contributed by atoms with Crippen LogP contribution in [0.2, 0.25) is 0 Å². The molecule has 0 radical (unpaired) electrons. The molecule has 2 aromatic rings. The van der Waals surface area contributed by atoms with E-state index in [0.29, 0.717) is 5.56 Å². The fourth-order valence-corrected chi connectivity index (χ4v) is 1.49. The second-order valence-electron chi connectivity index (χ2n) is 3.63. The zero-order valence-electron chi connectivity index (χ0n) is 9.01. The van der Waals surface area contributed by atoms with Crippen LogP contribution in [0.5, 0.6) is 0 Å². The van der Waals surface area contributed by atoms with Gasteiger partial charge in [0.25, 0.3) is 0 Å². The van der Waals surface area contributed by atoms with Gasteiger partial charge in [0.2, 0.25) is 0 Å². The van der Waals surface area contributed by atoms with Gasteiger partial charge >= 0.3 is 0 Å².